The van der Waals surface area contributed by atoms with Crippen LogP contribution in [-0.2, 0) is 9.47 Å². The van der Waals surface area contributed by atoms with Gasteiger partial charge in [-0.25, -0.2) is 9.18 Å². The van der Waals surface area contributed by atoms with Crippen molar-refractivity contribution in [1.82, 2.24) is 9.55 Å². The van der Waals surface area contributed by atoms with E-state index in [1.54, 1.807) is 0 Å². The van der Waals surface area contributed by atoms with Gasteiger partial charge in [-0.05, 0) is 20.8 Å². The summed E-state index contributed by atoms with van der Waals surface area (Å²) in [5.41, 5.74) is -1.56. The van der Waals surface area contributed by atoms with Crippen LogP contribution in [0.5, 0.6) is 0 Å². The number of alkyl halides is 1. The maximum Gasteiger partial charge on any atom is 0.330 e. The second-order valence-corrected chi connectivity index (χ2v) is 5.67. The number of hydrogen-bond donors (Lipinski definition) is 2. The van der Waals surface area contributed by atoms with Crippen molar-refractivity contribution < 1.29 is 24.1 Å². The van der Waals surface area contributed by atoms with E-state index in [1.807, 2.05) is 4.98 Å². The largest absolute Gasteiger partial charge is 0.848 e. The third-order valence-corrected chi connectivity index (χ3v) is 3.41. The van der Waals surface area contributed by atoms with Gasteiger partial charge in [-0.3, -0.25) is 14.3 Å². The Hall–Kier alpha value is -1.55. The smallest absolute Gasteiger partial charge is 0.330 e. The minimum atomic E-state index is -2.24. The molecule has 0 bridgehead atoms. The van der Waals surface area contributed by atoms with Crippen molar-refractivity contribution in [3.8, 4) is 0 Å². The summed E-state index contributed by atoms with van der Waals surface area (Å²) in [6, 6.07) is 0. The van der Waals surface area contributed by atoms with E-state index in [9.17, 15) is 24.2 Å². The average Bonchev–Trinajstić information content (AvgIpc) is 2.44. The van der Waals surface area contributed by atoms with Crippen LogP contribution in [-0.4, -0.2) is 45.4 Å². The molecule has 2 heterocycles. The Balaban J connectivity index is 2.28. The second-order valence-electron chi connectivity index (χ2n) is 5.67. The Morgan fingerprint density at radius 2 is 2.18 bits per heavy atom. The van der Waals surface area contributed by atoms with Crippen LogP contribution in [0, 0.1) is 6.92 Å². The summed E-state index contributed by atoms with van der Waals surface area (Å²) in [7, 11) is 0. The molecule has 1 unspecified atom stereocenters. The maximum absolute atomic E-state index is 14.4. The van der Waals surface area contributed by atoms with Crippen LogP contribution in [0.15, 0.2) is 15.8 Å². The predicted molar refractivity (Wildman–Crippen MR) is 70.9 cm³/mol. The summed E-state index contributed by atoms with van der Waals surface area (Å²) in [6.45, 7) is 4.20. The molecule has 0 amide bonds. The molecule has 2 rings (SSSR count). The fourth-order valence-corrected chi connectivity index (χ4v) is 2.20. The van der Waals surface area contributed by atoms with Crippen LogP contribution in [0.25, 0.3) is 0 Å². The first-order valence-corrected chi connectivity index (χ1v) is 6.74. The Bertz CT molecular complexity index is 655. The number of hydrogen-bond acceptors (Lipinski definition) is 6. The molecule has 0 aliphatic carbocycles. The van der Waals surface area contributed by atoms with E-state index in [0.717, 1.165) is 6.20 Å². The Kier molecular flexibility index (Phi) is 4.52. The zero-order valence-corrected chi connectivity index (χ0v) is 12.4. The first kappa shape index (κ1) is 16.8. The van der Waals surface area contributed by atoms with E-state index in [4.69, 9.17) is 9.47 Å². The normalized spacial score (nSPS) is 27.4. The summed E-state index contributed by atoms with van der Waals surface area (Å²) < 4.78 is 25.4. The molecule has 0 saturated carbocycles. The number of aromatic amines is 1. The molecule has 8 nitrogen and oxygen atoms in total. The molecule has 0 aromatic carbocycles. The van der Waals surface area contributed by atoms with Gasteiger partial charge in [0.15, 0.2) is 5.79 Å². The molecule has 4 atom stereocenters. The van der Waals surface area contributed by atoms with Crippen molar-refractivity contribution in [2.75, 3.05) is 6.61 Å². The minimum Gasteiger partial charge on any atom is -0.848 e. The Labute approximate surface area is 125 Å². The third-order valence-electron chi connectivity index (χ3n) is 3.41. The number of aromatic nitrogens is 2. The number of H-pyrrole nitrogens is 1. The molecular weight excluding hydrogens is 299 g/mol. The van der Waals surface area contributed by atoms with Gasteiger partial charge < -0.3 is 19.7 Å². The van der Waals surface area contributed by atoms with Crippen molar-refractivity contribution in [1.29, 1.82) is 0 Å². The SMILES string of the molecule is Cc1cn(C(F)[C@H](O)[C@@H]2OC(C)(C)OC[C@H]2[O-])c(=O)[nH]c1=O. The molecule has 0 radical (unpaired) electrons. The number of ether oxygens (including phenoxy) is 2. The Morgan fingerprint density at radius 1 is 1.55 bits per heavy atom. The molecule has 1 aliphatic heterocycles. The predicted octanol–water partition coefficient (Wildman–Crippen LogP) is -1.45. The van der Waals surface area contributed by atoms with E-state index in [1.165, 1.54) is 20.8 Å². The molecule has 1 fully saturated rings. The highest BCUT2D eigenvalue weighted by atomic mass is 19.1. The second kappa shape index (κ2) is 5.92. The number of nitrogens with zero attached hydrogens (tertiary/aromatic N) is 1. The zero-order chi connectivity index (χ0) is 16.7. The molecular formula is C13H18FN2O6-. The van der Waals surface area contributed by atoms with E-state index >= 15 is 0 Å². The van der Waals surface area contributed by atoms with Gasteiger partial charge in [-0.1, -0.05) is 6.10 Å². The molecule has 9 heteroatoms. The number of aliphatic hydroxyl groups is 1. The molecule has 1 aromatic rings. The Morgan fingerprint density at radius 3 is 2.82 bits per heavy atom. The highest BCUT2D eigenvalue weighted by Crippen LogP contribution is 2.27. The zero-order valence-electron chi connectivity index (χ0n) is 12.4. The van der Waals surface area contributed by atoms with Crippen molar-refractivity contribution in [3.63, 3.8) is 0 Å². The molecule has 2 N–H and O–H groups in total. The fraction of sp³-hybridized carbons (Fsp3) is 0.692. The van der Waals surface area contributed by atoms with Gasteiger partial charge in [0.2, 0.25) is 6.30 Å². The lowest BCUT2D eigenvalue weighted by Crippen LogP contribution is -2.60. The van der Waals surface area contributed by atoms with Crippen molar-refractivity contribution >= 4 is 0 Å². The monoisotopic (exact) mass is 317 g/mol. The lowest BCUT2D eigenvalue weighted by molar-refractivity contribution is -0.490. The first-order valence-electron chi connectivity index (χ1n) is 6.74. The number of rotatable bonds is 3. The first-order chi connectivity index (χ1) is 10.1. The van der Waals surface area contributed by atoms with Crippen LogP contribution in [0.4, 0.5) is 4.39 Å². The summed E-state index contributed by atoms with van der Waals surface area (Å²) >= 11 is 0. The average molecular weight is 317 g/mol. The van der Waals surface area contributed by atoms with Crippen molar-refractivity contribution in [2.24, 2.45) is 0 Å². The van der Waals surface area contributed by atoms with Gasteiger partial charge in [0.1, 0.15) is 6.10 Å². The molecule has 124 valence electrons. The third kappa shape index (κ3) is 3.27. The van der Waals surface area contributed by atoms with Crippen LogP contribution >= 0.6 is 0 Å². The van der Waals surface area contributed by atoms with Crippen molar-refractivity contribution in [3.05, 3.63) is 32.6 Å². The fourth-order valence-electron chi connectivity index (χ4n) is 2.20. The molecule has 0 spiro atoms. The molecule has 22 heavy (non-hydrogen) atoms. The summed E-state index contributed by atoms with van der Waals surface area (Å²) in [6.07, 6.45) is -6.02. The van der Waals surface area contributed by atoms with Crippen molar-refractivity contribution in [2.45, 2.75) is 51.2 Å². The lowest BCUT2D eigenvalue weighted by Gasteiger charge is -2.46. The van der Waals surface area contributed by atoms with E-state index in [-0.39, 0.29) is 12.2 Å². The standard InChI is InChI=1S/C13H18FN2O6/c1-6-4-16(12(20)15-11(6)19)10(14)8(18)9-7(17)5-21-13(2,3)22-9/h4,7-10,18H,5H2,1-3H3,(H,15,19,20)/q-1/t7-,8-,9-,10?/m1/s1. The quantitative estimate of drug-likeness (QED) is 0.705. The van der Waals surface area contributed by atoms with Gasteiger partial charge in [-0.2, -0.15) is 0 Å². The van der Waals surface area contributed by atoms with Crippen LogP contribution in [0.1, 0.15) is 25.7 Å². The molecule has 1 aliphatic rings. The van der Waals surface area contributed by atoms with Crippen LogP contribution in [0.3, 0.4) is 0 Å². The van der Waals surface area contributed by atoms with Crippen LogP contribution in [0.2, 0.25) is 0 Å². The number of halogens is 1. The van der Waals surface area contributed by atoms with E-state index in [2.05, 4.69) is 0 Å². The summed E-state index contributed by atoms with van der Waals surface area (Å²) in [4.78, 5) is 24.9. The van der Waals surface area contributed by atoms with Gasteiger partial charge in [0.25, 0.3) is 5.56 Å². The van der Waals surface area contributed by atoms with Gasteiger partial charge in [-0.15, -0.1) is 0 Å². The minimum absolute atomic E-state index is 0.0985. The highest BCUT2D eigenvalue weighted by molar-refractivity contribution is 5.02. The summed E-state index contributed by atoms with van der Waals surface area (Å²) in [5.74, 6) is -1.14. The number of nitrogens with one attached hydrogen (secondary N) is 1. The lowest BCUT2D eigenvalue weighted by atomic mass is 10.1. The molecule has 1 aromatic heterocycles. The topological polar surface area (TPSA) is 117 Å². The van der Waals surface area contributed by atoms with Crippen LogP contribution < -0.4 is 16.4 Å². The van der Waals surface area contributed by atoms with E-state index in [0.29, 0.717) is 4.57 Å². The molecule has 1 saturated heterocycles. The highest BCUT2D eigenvalue weighted by Gasteiger charge is 2.39. The van der Waals surface area contributed by atoms with Gasteiger partial charge in [0, 0.05) is 18.4 Å². The van der Waals surface area contributed by atoms with Gasteiger partial charge in [0.05, 0.1) is 6.10 Å². The number of aryl methyl sites for hydroxylation is 1. The maximum atomic E-state index is 14.4. The number of aliphatic hydroxyl groups excluding tert-OH is 1. The van der Waals surface area contributed by atoms with E-state index < -0.39 is 41.6 Å². The van der Waals surface area contributed by atoms with Gasteiger partial charge >= 0.3 is 5.69 Å². The summed E-state index contributed by atoms with van der Waals surface area (Å²) in [5, 5.41) is 21.9.